The van der Waals surface area contributed by atoms with Crippen LogP contribution in [0.4, 0.5) is 0 Å². The molecule has 100 valence electrons. The van der Waals surface area contributed by atoms with Gasteiger partial charge in [0.1, 0.15) is 6.10 Å². The van der Waals surface area contributed by atoms with Crippen molar-refractivity contribution in [3.05, 3.63) is 18.3 Å². The van der Waals surface area contributed by atoms with Gasteiger partial charge in [-0.05, 0) is 26.8 Å². The summed E-state index contributed by atoms with van der Waals surface area (Å²) in [6.07, 6.45) is 2.94. The topological polar surface area (TPSA) is 67.3 Å². The van der Waals surface area contributed by atoms with Gasteiger partial charge in [-0.15, -0.1) is 5.10 Å². The van der Waals surface area contributed by atoms with Gasteiger partial charge in [-0.25, -0.2) is 0 Å². The average molecular weight is 251 g/mol. The van der Waals surface area contributed by atoms with Crippen molar-refractivity contribution in [1.29, 1.82) is 0 Å². The summed E-state index contributed by atoms with van der Waals surface area (Å²) in [6, 6.07) is 3.66. The zero-order valence-corrected chi connectivity index (χ0v) is 11.1. The molecule has 0 bridgehead atoms. The van der Waals surface area contributed by atoms with Crippen LogP contribution in [-0.2, 0) is 0 Å². The molecule has 1 saturated heterocycles. The Balaban J connectivity index is 2.04. The van der Waals surface area contributed by atoms with Gasteiger partial charge in [0.25, 0.3) is 0 Å². The number of ether oxygens (including phenoxy) is 1. The zero-order chi connectivity index (χ0) is 13.2. The van der Waals surface area contributed by atoms with E-state index in [1.165, 1.54) is 0 Å². The Hall–Kier alpha value is -1.20. The fourth-order valence-electron chi connectivity index (χ4n) is 2.48. The van der Waals surface area contributed by atoms with Crippen molar-refractivity contribution in [1.82, 2.24) is 15.5 Å². The number of hydrogen-bond acceptors (Lipinski definition) is 5. The number of hydrogen-bond donors (Lipinski definition) is 2. The molecule has 1 fully saturated rings. The van der Waals surface area contributed by atoms with E-state index < -0.39 is 6.10 Å². The minimum Gasteiger partial charge on any atom is -0.473 e. The first-order chi connectivity index (χ1) is 8.46. The highest BCUT2D eigenvalue weighted by Gasteiger charge is 2.36. The number of aliphatic hydroxyl groups is 1. The third-order valence-electron chi connectivity index (χ3n) is 3.25. The second-order valence-corrected chi connectivity index (χ2v) is 5.62. The lowest BCUT2D eigenvalue weighted by molar-refractivity contribution is 0.0329. The fraction of sp³-hybridized carbons (Fsp3) is 0.692. The van der Waals surface area contributed by atoms with Gasteiger partial charge in [-0.2, -0.15) is 5.10 Å². The lowest BCUT2D eigenvalue weighted by Gasteiger charge is -2.42. The summed E-state index contributed by atoms with van der Waals surface area (Å²) in [5.74, 6) is 0.546. The number of nitrogens with one attached hydrogen (secondary N) is 1. The SMILES string of the molecule is C[C@H](O)[C@@H]1CC(Oc2cccnn2)CC(C)(C)N1. The first-order valence-corrected chi connectivity index (χ1v) is 6.36. The van der Waals surface area contributed by atoms with Crippen molar-refractivity contribution in [3.63, 3.8) is 0 Å². The average Bonchev–Trinajstić information content (AvgIpc) is 2.28. The predicted octanol–water partition coefficient (Wildman–Crippen LogP) is 1.14. The third-order valence-corrected chi connectivity index (χ3v) is 3.25. The summed E-state index contributed by atoms with van der Waals surface area (Å²) in [6.45, 7) is 6.04. The number of rotatable bonds is 3. The van der Waals surface area contributed by atoms with Gasteiger partial charge in [0.15, 0.2) is 0 Å². The highest BCUT2D eigenvalue weighted by molar-refractivity contribution is 5.07. The maximum Gasteiger partial charge on any atom is 0.233 e. The van der Waals surface area contributed by atoms with Gasteiger partial charge in [0.05, 0.1) is 6.10 Å². The van der Waals surface area contributed by atoms with E-state index >= 15 is 0 Å². The summed E-state index contributed by atoms with van der Waals surface area (Å²) >= 11 is 0. The molecule has 0 spiro atoms. The fourth-order valence-corrected chi connectivity index (χ4v) is 2.48. The molecule has 1 aromatic rings. The second kappa shape index (κ2) is 5.20. The van der Waals surface area contributed by atoms with Crippen LogP contribution in [0.3, 0.4) is 0 Å². The van der Waals surface area contributed by atoms with Crippen LogP contribution < -0.4 is 10.1 Å². The molecule has 5 nitrogen and oxygen atoms in total. The molecule has 0 amide bonds. The van der Waals surface area contributed by atoms with Crippen LogP contribution in [-0.4, -0.2) is 39.1 Å². The van der Waals surface area contributed by atoms with Crippen LogP contribution >= 0.6 is 0 Å². The van der Waals surface area contributed by atoms with Gasteiger partial charge in [0, 0.05) is 36.7 Å². The molecule has 1 unspecified atom stereocenters. The number of nitrogens with zero attached hydrogens (tertiary/aromatic N) is 2. The molecule has 2 N–H and O–H groups in total. The molecule has 0 aromatic carbocycles. The van der Waals surface area contributed by atoms with Gasteiger partial charge >= 0.3 is 0 Å². The first kappa shape index (κ1) is 13.2. The smallest absolute Gasteiger partial charge is 0.233 e. The molecule has 2 rings (SSSR count). The Morgan fingerprint density at radius 2 is 2.33 bits per heavy atom. The number of aromatic nitrogens is 2. The Bertz CT molecular complexity index is 381. The maximum absolute atomic E-state index is 9.75. The molecular formula is C13H21N3O2. The Morgan fingerprint density at radius 1 is 1.56 bits per heavy atom. The molecule has 3 atom stereocenters. The van der Waals surface area contributed by atoms with E-state index in [1.807, 2.05) is 0 Å². The molecule has 0 saturated carbocycles. The zero-order valence-electron chi connectivity index (χ0n) is 11.1. The Morgan fingerprint density at radius 3 is 2.94 bits per heavy atom. The van der Waals surface area contributed by atoms with E-state index in [9.17, 15) is 5.11 Å². The van der Waals surface area contributed by atoms with Gasteiger partial charge in [-0.3, -0.25) is 0 Å². The van der Waals surface area contributed by atoms with Crippen molar-refractivity contribution in [2.75, 3.05) is 0 Å². The molecule has 1 aliphatic rings. The van der Waals surface area contributed by atoms with Crippen LogP contribution in [0.15, 0.2) is 18.3 Å². The normalized spacial score (nSPS) is 28.7. The maximum atomic E-state index is 9.75. The second-order valence-electron chi connectivity index (χ2n) is 5.62. The van der Waals surface area contributed by atoms with E-state index in [0.29, 0.717) is 5.88 Å². The highest BCUT2D eigenvalue weighted by Crippen LogP contribution is 2.26. The monoisotopic (exact) mass is 251 g/mol. The number of aliphatic hydroxyl groups excluding tert-OH is 1. The minimum atomic E-state index is -0.391. The van der Waals surface area contributed by atoms with Crippen molar-refractivity contribution in [3.8, 4) is 5.88 Å². The van der Waals surface area contributed by atoms with Crippen LogP contribution in [0.1, 0.15) is 33.6 Å². The lowest BCUT2D eigenvalue weighted by atomic mass is 9.85. The first-order valence-electron chi connectivity index (χ1n) is 6.36. The van der Waals surface area contributed by atoms with Gasteiger partial charge in [-0.1, -0.05) is 0 Å². The predicted molar refractivity (Wildman–Crippen MR) is 68.4 cm³/mol. The Kier molecular flexibility index (Phi) is 3.82. The summed E-state index contributed by atoms with van der Waals surface area (Å²) in [4.78, 5) is 0. The molecule has 0 radical (unpaired) electrons. The van der Waals surface area contributed by atoms with Crippen molar-refractivity contribution in [2.45, 2.75) is 57.4 Å². The Labute approximate surface area is 108 Å². The largest absolute Gasteiger partial charge is 0.473 e. The molecule has 1 aromatic heterocycles. The van der Waals surface area contributed by atoms with Crippen LogP contribution in [0, 0.1) is 0 Å². The van der Waals surface area contributed by atoms with Gasteiger partial charge in [0.2, 0.25) is 5.88 Å². The van der Waals surface area contributed by atoms with Gasteiger partial charge < -0.3 is 15.2 Å². The summed E-state index contributed by atoms with van der Waals surface area (Å²) < 4.78 is 5.85. The van der Waals surface area contributed by atoms with Crippen LogP contribution in [0.2, 0.25) is 0 Å². The van der Waals surface area contributed by atoms with Crippen molar-refractivity contribution in [2.24, 2.45) is 0 Å². The van der Waals surface area contributed by atoms with Crippen molar-refractivity contribution < 1.29 is 9.84 Å². The summed E-state index contributed by atoms with van der Waals surface area (Å²) in [5.41, 5.74) is -0.0488. The minimum absolute atomic E-state index is 0.0488. The standard InChI is InChI=1S/C13H21N3O2/c1-9(17)11-7-10(8-13(2,3)15-11)18-12-5-4-6-14-16-12/h4-6,9-11,15,17H,7-8H2,1-3H3/t9-,10?,11-/m0/s1. The molecule has 2 heterocycles. The van der Waals surface area contributed by atoms with Crippen molar-refractivity contribution >= 4 is 0 Å². The van der Waals surface area contributed by atoms with E-state index in [4.69, 9.17) is 4.74 Å². The highest BCUT2D eigenvalue weighted by atomic mass is 16.5. The van der Waals surface area contributed by atoms with E-state index in [0.717, 1.165) is 12.8 Å². The van der Waals surface area contributed by atoms with E-state index in [1.54, 1.807) is 25.3 Å². The van der Waals surface area contributed by atoms with E-state index in [2.05, 4.69) is 29.4 Å². The quantitative estimate of drug-likeness (QED) is 0.843. The molecular weight excluding hydrogens is 230 g/mol. The molecule has 1 aliphatic heterocycles. The number of piperidine rings is 1. The summed E-state index contributed by atoms with van der Waals surface area (Å²) in [7, 11) is 0. The lowest BCUT2D eigenvalue weighted by Crippen LogP contribution is -2.58. The van der Waals surface area contributed by atoms with E-state index in [-0.39, 0.29) is 17.7 Å². The van der Waals surface area contributed by atoms with Crippen LogP contribution in [0.5, 0.6) is 5.88 Å². The van der Waals surface area contributed by atoms with Crippen LogP contribution in [0.25, 0.3) is 0 Å². The third kappa shape index (κ3) is 3.40. The molecule has 18 heavy (non-hydrogen) atoms. The summed E-state index contributed by atoms with van der Waals surface area (Å²) in [5, 5.41) is 20.9. The molecule has 5 heteroatoms. The molecule has 0 aliphatic carbocycles.